The third-order valence-corrected chi connectivity index (χ3v) is 7.12. The van der Waals surface area contributed by atoms with E-state index in [9.17, 15) is 12.8 Å². The zero-order valence-corrected chi connectivity index (χ0v) is 17.6. The van der Waals surface area contributed by atoms with E-state index in [0.29, 0.717) is 11.3 Å². The molecule has 0 aliphatic heterocycles. The van der Waals surface area contributed by atoms with Crippen molar-refractivity contribution in [2.45, 2.75) is 9.79 Å². The van der Waals surface area contributed by atoms with E-state index in [2.05, 4.69) is 9.97 Å². The predicted molar refractivity (Wildman–Crippen MR) is 122 cm³/mol. The van der Waals surface area contributed by atoms with Crippen molar-refractivity contribution >= 4 is 20.6 Å². The maximum atomic E-state index is 13.5. The Kier molecular flexibility index (Phi) is 4.99. The van der Waals surface area contributed by atoms with E-state index in [0.717, 1.165) is 21.9 Å². The number of hydrogen-bond donors (Lipinski definition) is 0. The van der Waals surface area contributed by atoms with Crippen molar-refractivity contribution in [3.8, 4) is 22.4 Å². The molecule has 0 amide bonds. The first-order chi connectivity index (χ1) is 15.5. The highest BCUT2D eigenvalue weighted by molar-refractivity contribution is 7.91. The third kappa shape index (κ3) is 3.65. The Balaban J connectivity index is 1.58. The standard InChI is InChI=1S/C26H17FN2O2S/c27-22-10-7-18(8-11-22)19-5-6-21-16-23(12-9-20(21)15-19)32(30,31)26-4-2-1-3-24(26)25-17-28-13-14-29-25/h1-17H. The first-order valence-electron chi connectivity index (χ1n) is 9.93. The van der Waals surface area contributed by atoms with Crippen LogP contribution < -0.4 is 0 Å². The van der Waals surface area contributed by atoms with Gasteiger partial charge in [0.1, 0.15) is 5.82 Å². The summed E-state index contributed by atoms with van der Waals surface area (Å²) in [5.74, 6) is -0.286. The van der Waals surface area contributed by atoms with Gasteiger partial charge in [0.05, 0.1) is 21.7 Å². The van der Waals surface area contributed by atoms with E-state index in [4.69, 9.17) is 0 Å². The molecule has 1 heterocycles. The smallest absolute Gasteiger partial charge is 0.207 e. The van der Waals surface area contributed by atoms with Gasteiger partial charge in [-0.25, -0.2) is 12.8 Å². The van der Waals surface area contributed by atoms with Crippen molar-refractivity contribution in [3.63, 3.8) is 0 Å². The van der Waals surface area contributed by atoms with Gasteiger partial charge in [-0.1, -0.05) is 48.5 Å². The molecule has 0 atom stereocenters. The quantitative estimate of drug-likeness (QED) is 0.347. The van der Waals surface area contributed by atoms with Crippen LogP contribution in [0.5, 0.6) is 0 Å². The molecule has 32 heavy (non-hydrogen) atoms. The topological polar surface area (TPSA) is 59.9 Å². The molecule has 0 fully saturated rings. The normalized spacial score (nSPS) is 11.5. The van der Waals surface area contributed by atoms with Gasteiger partial charge in [-0.15, -0.1) is 0 Å². The second-order valence-electron chi connectivity index (χ2n) is 7.32. The van der Waals surface area contributed by atoms with E-state index in [-0.39, 0.29) is 15.6 Å². The summed E-state index contributed by atoms with van der Waals surface area (Å²) in [6.45, 7) is 0. The fourth-order valence-corrected chi connectivity index (χ4v) is 5.19. The maximum absolute atomic E-state index is 13.5. The lowest BCUT2D eigenvalue weighted by Crippen LogP contribution is -2.04. The molecule has 0 radical (unpaired) electrons. The molecule has 156 valence electrons. The number of fused-ring (bicyclic) bond motifs is 1. The predicted octanol–water partition coefficient (Wildman–Crippen LogP) is 5.94. The molecule has 0 saturated carbocycles. The molecule has 0 unspecified atom stereocenters. The number of benzene rings is 4. The molecular formula is C26H17FN2O2S. The van der Waals surface area contributed by atoms with Gasteiger partial charge in [-0.3, -0.25) is 9.97 Å². The Morgan fingerprint density at radius 3 is 2.22 bits per heavy atom. The fraction of sp³-hybridized carbons (Fsp3) is 0. The summed E-state index contributed by atoms with van der Waals surface area (Å²) in [4.78, 5) is 8.71. The molecule has 0 spiro atoms. The minimum absolute atomic E-state index is 0.183. The summed E-state index contributed by atoms with van der Waals surface area (Å²) in [6.07, 6.45) is 4.63. The Labute approximate surface area is 185 Å². The molecule has 6 heteroatoms. The molecule has 4 aromatic carbocycles. The summed E-state index contributed by atoms with van der Waals surface area (Å²) in [5.41, 5.74) is 2.83. The Bertz CT molecular complexity index is 1530. The highest BCUT2D eigenvalue weighted by Crippen LogP contribution is 2.32. The summed E-state index contributed by atoms with van der Waals surface area (Å²) in [6, 6.07) is 23.9. The first kappa shape index (κ1) is 20.0. The number of halogens is 1. The molecular weight excluding hydrogens is 423 g/mol. The van der Waals surface area contributed by atoms with Crippen molar-refractivity contribution in [2.75, 3.05) is 0 Å². The zero-order valence-electron chi connectivity index (χ0n) is 16.8. The average Bonchev–Trinajstić information content (AvgIpc) is 2.84. The van der Waals surface area contributed by atoms with Gasteiger partial charge in [0.25, 0.3) is 0 Å². The first-order valence-corrected chi connectivity index (χ1v) is 11.4. The fourth-order valence-electron chi connectivity index (χ4n) is 3.69. The molecule has 0 aliphatic carbocycles. The number of nitrogens with zero attached hydrogens (tertiary/aromatic N) is 2. The summed E-state index contributed by atoms with van der Waals surface area (Å²) in [7, 11) is -3.79. The molecule has 4 nitrogen and oxygen atoms in total. The van der Waals surface area contributed by atoms with Crippen LogP contribution in [0.1, 0.15) is 0 Å². The summed E-state index contributed by atoms with van der Waals surface area (Å²) >= 11 is 0. The molecule has 5 aromatic rings. The molecule has 1 aromatic heterocycles. The van der Waals surface area contributed by atoms with E-state index >= 15 is 0 Å². The SMILES string of the molecule is O=S(=O)(c1ccc2cc(-c3ccc(F)cc3)ccc2c1)c1ccccc1-c1cnccn1. The van der Waals surface area contributed by atoms with Crippen LogP contribution in [0.25, 0.3) is 33.2 Å². The van der Waals surface area contributed by atoms with E-state index < -0.39 is 9.84 Å². The van der Waals surface area contributed by atoms with Crippen LogP contribution in [0.4, 0.5) is 4.39 Å². The zero-order chi connectivity index (χ0) is 22.1. The number of aromatic nitrogens is 2. The molecule has 0 saturated heterocycles. The maximum Gasteiger partial charge on any atom is 0.207 e. The molecule has 0 bridgehead atoms. The van der Waals surface area contributed by atoms with Gasteiger partial charge in [0.2, 0.25) is 9.84 Å². The minimum atomic E-state index is -3.79. The second-order valence-corrected chi connectivity index (χ2v) is 9.24. The lowest BCUT2D eigenvalue weighted by molar-refractivity contribution is 0.596. The lowest BCUT2D eigenvalue weighted by Gasteiger charge is -2.11. The number of sulfone groups is 1. The van der Waals surface area contributed by atoms with Gasteiger partial charge in [0, 0.05) is 18.0 Å². The van der Waals surface area contributed by atoms with Gasteiger partial charge in [-0.05, 0) is 58.3 Å². The lowest BCUT2D eigenvalue weighted by atomic mass is 10.0. The molecule has 0 N–H and O–H groups in total. The van der Waals surface area contributed by atoms with Crippen molar-refractivity contribution in [2.24, 2.45) is 0 Å². The van der Waals surface area contributed by atoms with E-state index in [1.54, 1.807) is 67.0 Å². The van der Waals surface area contributed by atoms with Crippen LogP contribution in [0, 0.1) is 5.82 Å². The van der Waals surface area contributed by atoms with Crippen LogP contribution in [0.3, 0.4) is 0 Å². The van der Waals surface area contributed by atoms with Crippen LogP contribution in [0.2, 0.25) is 0 Å². The summed E-state index contributed by atoms with van der Waals surface area (Å²) in [5, 5.41) is 1.70. The second kappa shape index (κ2) is 7.98. The highest BCUT2D eigenvalue weighted by Gasteiger charge is 2.22. The minimum Gasteiger partial charge on any atom is -0.261 e. The summed E-state index contributed by atoms with van der Waals surface area (Å²) < 4.78 is 40.2. The monoisotopic (exact) mass is 440 g/mol. The van der Waals surface area contributed by atoms with Crippen molar-refractivity contribution in [3.05, 3.63) is 109 Å². The van der Waals surface area contributed by atoms with Gasteiger partial charge >= 0.3 is 0 Å². The van der Waals surface area contributed by atoms with Gasteiger partial charge in [0.15, 0.2) is 0 Å². The average molecular weight is 440 g/mol. The Morgan fingerprint density at radius 2 is 1.44 bits per heavy atom. The van der Waals surface area contributed by atoms with Crippen LogP contribution in [-0.4, -0.2) is 18.4 Å². The number of rotatable bonds is 4. The van der Waals surface area contributed by atoms with Crippen LogP contribution in [-0.2, 0) is 9.84 Å². The van der Waals surface area contributed by atoms with Gasteiger partial charge < -0.3 is 0 Å². The number of hydrogen-bond acceptors (Lipinski definition) is 4. The Hall–Kier alpha value is -3.90. The molecule has 0 aliphatic rings. The Morgan fingerprint density at radius 1 is 0.719 bits per heavy atom. The van der Waals surface area contributed by atoms with E-state index in [1.165, 1.54) is 18.3 Å². The van der Waals surface area contributed by atoms with Crippen molar-refractivity contribution in [1.29, 1.82) is 0 Å². The van der Waals surface area contributed by atoms with E-state index in [1.807, 2.05) is 18.2 Å². The van der Waals surface area contributed by atoms with Crippen LogP contribution >= 0.6 is 0 Å². The van der Waals surface area contributed by atoms with Gasteiger partial charge in [-0.2, -0.15) is 0 Å². The largest absolute Gasteiger partial charge is 0.261 e. The van der Waals surface area contributed by atoms with Crippen molar-refractivity contribution < 1.29 is 12.8 Å². The van der Waals surface area contributed by atoms with Crippen LogP contribution in [0.15, 0.2) is 113 Å². The molecule has 5 rings (SSSR count). The van der Waals surface area contributed by atoms with Crippen molar-refractivity contribution in [1.82, 2.24) is 9.97 Å². The highest BCUT2D eigenvalue weighted by atomic mass is 32.2. The third-order valence-electron chi connectivity index (χ3n) is 5.32.